The quantitative estimate of drug-likeness (QED) is 0.759. The number of nitrogens with zero attached hydrogens (tertiary/aromatic N) is 2. The van der Waals surface area contributed by atoms with E-state index in [-0.39, 0.29) is 12.5 Å². The Labute approximate surface area is 139 Å². The van der Waals surface area contributed by atoms with Crippen molar-refractivity contribution in [3.8, 4) is 0 Å². The van der Waals surface area contributed by atoms with Crippen molar-refractivity contribution in [1.82, 2.24) is 9.78 Å². The zero-order valence-corrected chi connectivity index (χ0v) is 13.5. The molecule has 0 unspecified atom stereocenters. The van der Waals surface area contributed by atoms with E-state index >= 15 is 0 Å². The standard InChI is InChI=1S/C17H20N4O3/c1-21-14(12-6-7-12)10-15(20-21)19-17(24)18-13-4-2-3-11(9-13)5-8-16(22)23/h2-4,9-10,12H,5-8H2,1H3,(H,22,23)(H2,18,19,20,24). The minimum absolute atomic E-state index is 0.0630. The lowest BCUT2D eigenvalue weighted by Crippen LogP contribution is -2.19. The van der Waals surface area contributed by atoms with E-state index in [1.54, 1.807) is 22.9 Å². The molecule has 0 atom stereocenters. The van der Waals surface area contributed by atoms with Crippen LogP contribution in [-0.2, 0) is 18.3 Å². The summed E-state index contributed by atoms with van der Waals surface area (Å²) in [6.07, 6.45) is 2.84. The summed E-state index contributed by atoms with van der Waals surface area (Å²) in [7, 11) is 1.88. The van der Waals surface area contributed by atoms with Crippen LogP contribution in [0, 0.1) is 0 Å². The molecule has 1 heterocycles. The zero-order valence-electron chi connectivity index (χ0n) is 13.5. The van der Waals surface area contributed by atoms with Gasteiger partial charge in [0.15, 0.2) is 5.82 Å². The van der Waals surface area contributed by atoms with Crippen molar-refractivity contribution in [1.29, 1.82) is 0 Å². The molecule has 126 valence electrons. The van der Waals surface area contributed by atoms with Crippen molar-refractivity contribution in [2.75, 3.05) is 10.6 Å². The van der Waals surface area contributed by atoms with Crippen molar-refractivity contribution in [2.45, 2.75) is 31.6 Å². The number of carbonyl (C=O) groups excluding carboxylic acids is 1. The third kappa shape index (κ3) is 4.13. The molecular formula is C17H20N4O3. The Kier molecular flexibility index (Phi) is 4.50. The number of aryl methyl sites for hydroxylation is 2. The Balaban J connectivity index is 1.59. The third-order valence-corrected chi connectivity index (χ3v) is 3.97. The van der Waals surface area contributed by atoms with Gasteiger partial charge in [0, 0.05) is 36.8 Å². The van der Waals surface area contributed by atoms with Gasteiger partial charge in [-0.1, -0.05) is 12.1 Å². The number of amides is 2. The number of anilines is 2. The number of carboxylic acids is 1. The van der Waals surface area contributed by atoms with E-state index in [9.17, 15) is 9.59 Å². The van der Waals surface area contributed by atoms with Crippen LogP contribution in [0.1, 0.15) is 36.4 Å². The molecule has 1 aromatic carbocycles. The van der Waals surface area contributed by atoms with Gasteiger partial charge in [-0.15, -0.1) is 0 Å². The average Bonchev–Trinajstić information content (AvgIpc) is 3.30. The fraction of sp³-hybridized carbons (Fsp3) is 0.353. The lowest BCUT2D eigenvalue weighted by Gasteiger charge is -2.07. The summed E-state index contributed by atoms with van der Waals surface area (Å²) >= 11 is 0. The van der Waals surface area contributed by atoms with Crippen molar-refractivity contribution in [3.63, 3.8) is 0 Å². The second-order valence-electron chi connectivity index (χ2n) is 6.03. The number of urea groups is 1. The SMILES string of the molecule is Cn1nc(NC(=O)Nc2cccc(CCC(=O)O)c2)cc1C1CC1. The molecule has 7 heteroatoms. The van der Waals surface area contributed by atoms with E-state index in [1.165, 1.54) is 12.8 Å². The van der Waals surface area contributed by atoms with Crippen LogP contribution in [0.3, 0.4) is 0 Å². The first kappa shape index (κ1) is 16.0. The summed E-state index contributed by atoms with van der Waals surface area (Å²) < 4.78 is 1.81. The summed E-state index contributed by atoms with van der Waals surface area (Å²) in [6.45, 7) is 0. The summed E-state index contributed by atoms with van der Waals surface area (Å²) in [5, 5.41) is 18.5. The molecule has 0 saturated heterocycles. The zero-order chi connectivity index (χ0) is 17.1. The second-order valence-corrected chi connectivity index (χ2v) is 6.03. The van der Waals surface area contributed by atoms with Crippen LogP contribution >= 0.6 is 0 Å². The topological polar surface area (TPSA) is 96.3 Å². The lowest BCUT2D eigenvalue weighted by atomic mass is 10.1. The predicted molar refractivity (Wildman–Crippen MR) is 90.2 cm³/mol. The highest BCUT2D eigenvalue weighted by Gasteiger charge is 2.27. The molecule has 3 rings (SSSR count). The number of hydrogen-bond donors (Lipinski definition) is 3. The van der Waals surface area contributed by atoms with Gasteiger partial charge in [-0.2, -0.15) is 5.10 Å². The van der Waals surface area contributed by atoms with E-state index in [4.69, 9.17) is 5.11 Å². The predicted octanol–water partition coefficient (Wildman–Crippen LogP) is 2.96. The van der Waals surface area contributed by atoms with Crippen molar-refractivity contribution < 1.29 is 14.7 Å². The van der Waals surface area contributed by atoms with Crippen LogP contribution in [0.15, 0.2) is 30.3 Å². The first-order valence-corrected chi connectivity index (χ1v) is 7.94. The smallest absolute Gasteiger partial charge is 0.324 e. The number of carbonyl (C=O) groups is 2. The Bertz CT molecular complexity index is 765. The molecule has 2 aromatic rings. The van der Waals surface area contributed by atoms with Crippen LogP contribution in [0.2, 0.25) is 0 Å². The number of nitrogens with one attached hydrogen (secondary N) is 2. The Morgan fingerprint density at radius 3 is 2.79 bits per heavy atom. The van der Waals surface area contributed by atoms with Crippen LogP contribution in [0.4, 0.5) is 16.3 Å². The van der Waals surface area contributed by atoms with Gasteiger partial charge in [-0.25, -0.2) is 4.79 Å². The first-order chi connectivity index (χ1) is 11.5. The van der Waals surface area contributed by atoms with Crippen molar-refractivity contribution in [3.05, 3.63) is 41.6 Å². The van der Waals surface area contributed by atoms with E-state index in [0.717, 1.165) is 11.3 Å². The fourth-order valence-electron chi connectivity index (χ4n) is 2.64. The average molecular weight is 328 g/mol. The minimum atomic E-state index is -0.840. The molecule has 24 heavy (non-hydrogen) atoms. The molecule has 0 aliphatic heterocycles. The van der Waals surface area contributed by atoms with Gasteiger partial charge < -0.3 is 10.4 Å². The van der Waals surface area contributed by atoms with Crippen LogP contribution < -0.4 is 10.6 Å². The van der Waals surface area contributed by atoms with Crippen molar-refractivity contribution in [2.24, 2.45) is 7.05 Å². The monoisotopic (exact) mass is 328 g/mol. The highest BCUT2D eigenvalue weighted by molar-refractivity contribution is 5.99. The maximum absolute atomic E-state index is 12.1. The molecule has 1 fully saturated rings. The molecule has 3 N–H and O–H groups in total. The lowest BCUT2D eigenvalue weighted by molar-refractivity contribution is -0.136. The number of benzene rings is 1. The van der Waals surface area contributed by atoms with Gasteiger partial charge in [0.1, 0.15) is 0 Å². The molecule has 1 saturated carbocycles. The minimum Gasteiger partial charge on any atom is -0.481 e. The number of aliphatic carboxylic acids is 1. The molecule has 0 spiro atoms. The van der Waals surface area contributed by atoms with Gasteiger partial charge in [0.05, 0.1) is 0 Å². The van der Waals surface area contributed by atoms with E-state index < -0.39 is 5.97 Å². The molecular weight excluding hydrogens is 308 g/mol. The Hall–Kier alpha value is -2.83. The maximum Gasteiger partial charge on any atom is 0.324 e. The maximum atomic E-state index is 12.1. The number of aromatic nitrogens is 2. The Morgan fingerprint density at radius 2 is 2.08 bits per heavy atom. The molecule has 0 radical (unpaired) electrons. The van der Waals surface area contributed by atoms with Gasteiger partial charge in [0.25, 0.3) is 0 Å². The summed E-state index contributed by atoms with van der Waals surface area (Å²) in [5.41, 5.74) is 2.62. The molecule has 7 nitrogen and oxygen atoms in total. The Morgan fingerprint density at radius 1 is 1.29 bits per heavy atom. The molecule has 1 aromatic heterocycles. The summed E-state index contributed by atoms with van der Waals surface area (Å²) in [4.78, 5) is 22.7. The fourth-order valence-corrected chi connectivity index (χ4v) is 2.64. The second kappa shape index (κ2) is 6.74. The van der Waals surface area contributed by atoms with Crippen molar-refractivity contribution >= 4 is 23.5 Å². The molecule has 0 bridgehead atoms. The van der Waals surface area contributed by atoms with E-state index in [2.05, 4.69) is 15.7 Å². The van der Waals surface area contributed by atoms with Crippen LogP contribution in [0.5, 0.6) is 0 Å². The highest BCUT2D eigenvalue weighted by atomic mass is 16.4. The largest absolute Gasteiger partial charge is 0.481 e. The molecule has 2 amide bonds. The van der Waals surface area contributed by atoms with E-state index in [1.807, 2.05) is 19.2 Å². The van der Waals surface area contributed by atoms with Crippen LogP contribution in [0.25, 0.3) is 0 Å². The molecule has 1 aliphatic rings. The molecule has 1 aliphatic carbocycles. The van der Waals surface area contributed by atoms with Gasteiger partial charge >= 0.3 is 12.0 Å². The highest BCUT2D eigenvalue weighted by Crippen LogP contribution is 2.40. The number of carboxylic acid groups (broad SMARTS) is 1. The normalized spacial score (nSPS) is 13.5. The van der Waals surface area contributed by atoms with Gasteiger partial charge in [-0.05, 0) is 37.0 Å². The van der Waals surface area contributed by atoms with Gasteiger partial charge in [-0.3, -0.25) is 14.8 Å². The third-order valence-electron chi connectivity index (χ3n) is 3.97. The van der Waals surface area contributed by atoms with Gasteiger partial charge in [0.2, 0.25) is 0 Å². The number of rotatable bonds is 6. The van der Waals surface area contributed by atoms with E-state index in [0.29, 0.717) is 23.8 Å². The first-order valence-electron chi connectivity index (χ1n) is 7.94. The number of hydrogen-bond acceptors (Lipinski definition) is 3. The summed E-state index contributed by atoms with van der Waals surface area (Å²) in [6, 6.07) is 8.70. The van der Waals surface area contributed by atoms with Crippen LogP contribution in [-0.4, -0.2) is 26.9 Å². The summed E-state index contributed by atoms with van der Waals surface area (Å²) in [5.74, 6) is 0.249.